The van der Waals surface area contributed by atoms with Gasteiger partial charge in [0, 0.05) is 23.2 Å². The molecule has 0 radical (unpaired) electrons. The van der Waals surface area contributed by atoms with Gasteiger partial charge in [-0.3, -0.25) is 9.59 Å². The van der Waals surface area contributed by atoms with Gasteiger partial charge in [0.25, 0.3) is 0 Å². The number of rotatable bonds is 5. The van der Waals surface area contributed by atoms with Crippen LogP contribution in [0.2, 0.25) is 0 Å². The molecule has 176 valence electrons. The highest BCUT2D eigenvalue weighted by Gasteiger charge is 2.76. The third kappa shape index (κ3) is 2.75. The van der Waals surface area contributed by atoms with Crippen LogP contribution in [0, 0.1) is 22.7 Å². The number of phenols is 2. The molecule has 9 heteroatoms. The van der Waals surface area contributed by atoms with Crippen molar-refractivity contribution in [1.82, 2.24) is 0 Å². The molecular formula is C24H27NO8. The van der Waals surface area contributed by atoms with Crippen molar-refractivity contribution in [2.75, 3.05) is 5.32 Å². The first-order chi connectivity index (χ1) is 15.4. The van der Waals surface area contributed by atoms with E-state index >= 15 is 0 Å². The van der Waals surface area contributed by atoms with Gasteiger partial charge in [-0.2, -0.15) is 0 Å². The number of ether oxygens (including phenoxy) is 1. The van der Waals surface area contributed by atoms with Gasteiger partial charge in [0.15, 0.2) is 11.5 Å². The van der Waals surface area contributed by atoms with Crippen molar-refractivity contribution in [2.45, 2.75) is 57.3 Å². The zero-order valence-electron chi connectivity index (χ0n) is 18.4. The van der Waals surface area contributed by atoms with Gasteiger partial charge in [-0.1, -0.05) is 13.0 Å². The fourth-order valence-electron chi connectivity index (χ4n) is 7.05. The fraction of sp³-hybridized carbons (Fsp3) is 0.542. The summed E-state index contributed by atoms with van der Waals surface area (Å²) in [4.78, 5) is 37.0. The van der Waals surface area contributed by atoms with Crippen LogP contribution in [-0.4, -0.2) is 55.9 Å². The monoisotopic (exact) mass is 457 g/mol. The molecule has 2 aliphatic heterocycles. The maximum Gasteiger partial charge on any atom is 0.339 e. The fourth-order valence-corrected chi connectivity index (χ4v) is 7.05. The van der Waals surface area contributed by atoms with E-state index in [1.165, 1.54) is 6.08 Å². The van der Waals surface area contributed by atoms with Crippen molar-refractivity contribution in [2.24, 2.45) is 22.7 Å². The molecule has 6 unspecified atom stereocenters. The van der Waals surface area contributed by atoms with Gasteiger partial charge in [0.1, 0.15) is 17.0 Å². The number of hydrogen-bond acceptors (Lipinski definition) is 7. The number of carboxylic acid groups (broad SMARTS) is 1. The Kier molecular flexibility index (Phi) is 4.52. The molecule has 5 N–H and O–H groups in total. The van der Waals surface area contributed by atoms with E-state index in [2.05, 4.69) is 5.32 Å². The number of aromatic hydroxyl groups is 2. The molecule has 33 heavy (non-hydrogen) atoms. The SMILES string of the molecule is CC12OC3CC1CC1(C=CC(=O)[C@@](C)(CCC(=O)Nc4c(O)ccc(C(=O)O)c4O)C31)C2O. The topological polar surface area (TPSA) is 153 Å². The number of hydrogen-bond donors (Lipinski definition) is 5. The zero-order valence-corrected chi connectivity index (χ0v) is 18.4. The summed E-state index contributed by atoms with van der Waals surface area (Å²) in [6, 6.07) is 2.11. The number of phenolic OH excluding ortho intramolecular Hbond substituents is 1. The molecule has 7 atom stereocenters. The second kappa shape index (κ2) is 6.80. The molecule has 5 aliphatic rings. The third-order valence-corrected chi connectivity index (χ3v) is 8.65. The van der Waals surface area contributed by atoms with Crippen molar-refractivity contribution >= 4 is 23.3 Å². The zero-order chi connectivity index (χ0) is 23.9. The molecule has 6 rings (SSSR count). The summed E-state index contributed by atoms with van der Waals surface area (Å²) in [5, 5.41) is 42.9. The lowest BCUT2D eigenvalue weighted by Gasteiger charge is -2.57. The maximum atomic E-state index is 13.1. The Morgan fingerprint density at radius 1 is 1.24 bits per heavy atom. The van der Waals surface area contributed by atoms with Crippen LogP contribution in [-0.2, 0) is 14.3 Å². The lowest BCUT2D eigenvalue weighted by atomic mass is 9.50. The van der Waals surface area contributed by atoms with Gasteiger partial charge in [-0.05, 0) is 50.3 Å². The van der Waals surface area contributed by atoms with E-state index < -0.39 is 51.5 Å². The summed E-state index contributed by atoms with van der Waals surface area (Å²) in [6.45, 7) is 3.75. The van der Waals surface area contributed by atoms with Crippen LogP contribution in [0.3, 0.4) is 0 Å². The molecule has 9 nitrogen and oxygen atoms in total. The number of aliphatic hydroxyl groups is 1. The Morgan fingerprint density at radius 3 is 2.64 bits per heavy atom. The molecule has 2 saturated heterocycles. The highest BCUT2D eigenvalue weighted by Crippen LogP contribution is 2.71. The summed E-state index contributed by atoms with van der Waals surface area (Å²) in [7, 11) is 0. The van der Waals surface area contributed by atoms with Crippen LogP contribution in [0.1, 0.15) is 49.9 Å². The Balaban J connectivity index is 1.38. The average Bonchev–Trinajstić information content (AvgIpc) is 3.09. The number of carbonyl (C=O) groups is 3. The van der Waals surface area contributed by atoms with Crippen LogP contribution in [0.15, 0.2) is 24.3 Å². The summed E-state index contributed by atoms with van der Waals surface area (Å²) in [5.41, 5.74) is -2.97. The van der Waals surface area contributed by atoms with Crippen molar-refractivity contribution in [1.29, 1.82) is 0 Å². The number of amides is 1. The minimum absolute atomic E-state index is 0.109. The molecule has 2 heterocycles. The Labute approximate surface area is 190 Å². The van der Waals surface area contributed by atoms with E-state index in [-0.39, 0.29) is 42.3 Å². The number of ketones is 1. The largest absolute Gasteiger partial charge is 0.506 e. The van der Waals surface area contributed by atoms with E-state index in [9.17, 15) is 29.7 Å². The number of carboxylic acids is 1. The van der Waals surface area contributed by atoms with Crippen LogP contribution >= 0.6 is 0 Å². The molecule has 0 aromatic heterocycles. The second-order valence-corrected chi connectivity index (χ2v) is 10.3. The Morgan fingerprint density at radius 2 is 1.97 bits per heavy atom. The summed E-state index contributed by atoms with van der Waals surface area (Å²) in [6.07, 6.45) is 4.04. The maximum absolute atomic E-state index is 13.1. The number of anilines is 1. The van der Waals surface area contributed by atoms with Gasteiger partial charge in [-0.25, -0.2) is 4.79 Å². The first-order valence-corrected chi connectivity index (χ1v) is 11.1. The molecule has 1 spiro atoms. The van der Waals surface area contributed by atoms with Gasteiger partial charge < -0.3 is 30.5 Å². The van der Waals surface area contributed by atoms with Gasteiger partial charge in [-0.15, -0.1) is 0 Å². The number of aliphatic hydroxyl groups excluding tert-OH is 1. The normalized spacial score (nSPS) is 40.2. The number of carbonyl (C=O) groups excluding carboxylic acids is 2. The molecule has 4 bridgehead atoms. The van der Waals surface area contributed by atoms with Crippen LogP contribution in [0.25, 0.3) is 0 Å². The summed E-state index contributed by atoms with van der Waals surface area (Å²) < 4.78 is 6.27. The van der Waals surface area contributed by atoms with Gasteiger partial charge in [0.05, 0.1) is 17.8 Å². The van der Waals surface area contributed by atoms with Gasteiger partial charge in [0.2, 0.25) is 5.91 Å². The minimum Gasteiger partial charge on any atom is -0.506 e. The van der Waals surface area contributed by atoms with E-state index in [1.54, 1.807) is 0 Å². The smallest absolute Gasteiger partial charge is 0.339 e. The number of benzene rings is 1. The quantitative estimate of drug-likeness (QED) is 0.422. The predicted molar refractivity (Wildman–Crippen MR) is 115 cm³/mol. The predicted octanol–water partition coefficient (Wildman–Crippen LogP) is 2.20. The number of aromatic carboxylic acids is 1. The lowest BCUT2D eigenvalue weighted by Crippen LogP contribution is -2.62. The van der Waals surface area contributed by atoms with Crippen molar-refractivity contribution < 1.29 is 39.5 Å². The Bertz CT molecular complexity index is 1110. The summed E-state index contributed by atoms with van der Waals surface area (Å²) >= 11 is 0. The average molecular weight is 457 g/mol. The molecule has 4 fully saturated rings. The van der Waals surface area contributed by atoms with E-state index in [4.69, 9.17) is 9.84 Å². The minimum atomic E-state index is -1.40. The van der Waals surface area contributed by atoms with E-state index in [0.29, 0.717) is 0 Å². The molecule has 1 aromatic rings. The molecule has 2 saturated carbocycles. The summed E-state index contributed by atoms with van der Waals surface area (Å²) in [5.74, 6) is -3.37. The second-order valence-electron chi connectivity index (χ2n) is 10.3. The van der Waals surface area contributed by atoms with E-state index in [1.807, 2.05) is 19.9 Å². The third-order valence-electron chi connectivity index (χ3n) is 8.65. The van der Waals surface area contributed by atoms with E-state index in [0.717, 1.165) is 25.0 Å². The Hall–Kier alpha value is -2.91. The van der Waals surface area contributed by atoms with Crippen molar-refractivity contribution in [3.63, 3.8) is 0 Å². The van der Waals surface area contributed by atoms with Crippen LogP contribution in [0.4, 0.5) is 5.69 Å². The first kappa shape index (κ1) is 21.9. The lowest BCUT2D eigenvalue weighted by molar-refractivity contribution is -0.219. The molecular weight excluding hydrogens is 430 g/mol. The molecule has 1 amide bonds. The van der Waals surface area contributed by atoms with Crippen LogP contribution in [0.5, 0.6) is 11.5 Å². The molecule has 1 aromatic carbocycles. The standard InChI is InChI=1S/C24H27NO8/c1-22(7-6-16(28)25-17-13(26)4-3-12(18(17)29)20(30)31)15(27)5-8-24-10-11-9-14(19(22)24)33-23(11,2)21(24)32/h3-5,8,11,14,19,21,26,29,32H,6-7,9-10H2,1-2H3,(H,25,28)(H,30,31)/t11?,14?,19?,21?,22-,23?,24?/m1/s1. The number of nitrogens with one attached hydrogen (secondary N) is 1. The highest BCUT2D eigenvalue weighted by molar-refractivity contribution is 6.00. The first-order valence-electron chi connectivity index (χ1n) is 11.1. The van der Waals surface area contributed by atoms with Crippen molar-refractivity contribution in [3.05, 3.63) is 29.8 Å². The van der Waals surface area contributed by atoms with Crippen molar-refractivity contribution in [3.8, 4) is 11.5 Å². The highest BCUT2D eigenvalue weighted by atomic mass is 16.5. The van der Waals surface area contributed by atoms with Crippen LogP contribution < -0.4 is 5.32 Å². The molecule has 3 aliphatic carbocycles. The van der Waals surface area contributed by atoms with Gasteiger partial charge >= 0.3 is 5.97 Å². The number of allylic oxidation sites excluding steroid dienone is 1.